The van der Waals surface area contributed by atoms with Crippen molar-refractivity contribution in [3.63, 3.8) is 0 Å². The van der Waals surface area contributed by atoms with E-state index >= 15 is 0 Å². The summed E-state index contributed by atoms with van der Waals surface area (Å²) in [4.78, 5) is 15.5. The Hall–Kier alpha value is -3.15. The number of benzene rings is 3. The van der Waals surface area contributed by atoms with E-state index in [1.54, 1.807) is 12.1 Å². The molecule has 0 aromatic heterocycles. The molecule has 0 amide bonds. The third-order valence-electron chi connectivity index (χ3n) is 6.33. The van der Waals surface area contributed by atoms with Gasteiger partial charge in [-0.1, -0.05) is 67.1 Å². The van der Waals surface area contributed by atoms with Crippen molar-refractivity contribution in [2.24, 2.45) is 0 Å². The summed E-state index contributed by atoms with van der Waals surface area (Å²) in [5.74, 6) is 1.12. The summed E-state index contributed by atoms with van der Waals surface area (Å²) < 4.78 is 11.9. The molecular formula is C30H35NO4. The van der Waals surface area contributed by atoms with Gasteiger partial charge in [0, 0.05) is 13.0 Å². The van der Waals surface area contributed by atoms with Gasteiger partial charge in [0.1, 0.15) is 30.8 Å². The molecule has 1 heterocycles. The van der Waals surface area contributed by atoms with Crippen molar-refractivity contribution in [3.8, 4) is 11.5 Å². The SMILES string of the molecule is O=C(CCc1ccccc1)c1cc(OCc2ccccc2)ccc1OC[C@H](O)CN1CCCCC1. The molecule has 0 spiro atoms. The molecule has 184 valence electrons. The van der Waals surface area contributed by atoms with E-state index in [1.807, 2.05) is 66.7 Å². The lowest BCUT2D eigenvalue weighted by Gasteiger charge is -2.28. The molecule has 1 fully saturated rings. The third-order valence-corrected chi connectivity index (χ3v) is 6.33. The number of carbonyl (C=O) groups is 1. The molecule has 1 aliphatic rings. The van der Waals surface area contributed by atoms with Crippen molar-refractivity contribution >= 4 is 5.78 Å². The number of piperidine rings is 1. The van der Waals surface area contributed by atoms with E-state index in [0.717, 1.165) is 24.2 Å². The fraction of sp³-hybridized carbons (Fsp3) is 0.367. The maximum Gasteiger partial charge on any atom is 0.167 e. The van der Waals surface area contributed by atoms with Gasteiger partial charge >= 0.3 is 0 Å². The van der Waals surface area contributed by atoms with Crippen molar-refractivity contribution in [2.45, 2.75) is 44.8 Å². The Morgan fingerprint density at radius 3 is 2.26 bits per heavy atom. The number of hydrogen-bond acceptors (Lipinski definition) is 5. The van der Waals surface area contributed by atoms with Crippen LogP contribution < -0.4 is 9.47 Å². The van der Waals surface area contributed by atoms with Crippen LogP contribution in [0.3, 0.4) is 0 Å². The largest absolute Gasteiger partial charge is 0.490 e. The normalized spacial score (nSPS) is 14.9. The number of likely N-dealkylation sites (tertiary alicyclic amines) is 1. The van der Waals surface area contributed by atoms with Crippen LogP contribution in [-0.2, 0) is 13.0 Å². The molecular weight excluding hydrogens is 438 g/mol. The van der Waals surface area contributed by atoms with Crippen LogP contribution in [0.5, 0.6) is 11.5 Å². The van der Waals surface area contributed by atoms with Gasteiger partial charge in [0.15, 0.2) is 5.78 Å². The second kappa shape index (κ2) is 13.1. The lowest BCUT2D eigenvalue weighted by molar-refractivity contribution is 0.0610. The van der Waals surface area contributed by atoms with Crippen LogP contribution in [0.2, 0.25) is 0 Å². The molecule has 5 nitrogen and oxygen atoms in total. The first kappa shape index (κ1) is 25.0. The molecule has 0 saturated carbocycles. The number of aliphatic hydroxyl groups excluding tert-OH is 1. The van der Waals surface area contributed by atoms with Crippen LogP contribution in [0.15, 0.2) is 78.9 Å². The number of Topliss-reactive ketones (excluding diaryl/α,β-unsaturated/α-hetero) is 1. The monoisotopic (exact) mass is 473 g/mol. The molecule has 0 bridgehead atoms. The highest BCUT2D eigenvalue weighted by Crippen LogP contribution is 2.27. The Balaban J connectivity index is 1.42. The van der Waals surface area contributed by atoms with Gasteiger partial charge in [0.05, 0.1) is 5.56 Å². The van der Waals surface area contributed by atoms with Crippen molar-refractivity contribution in [1.29, 1.82) is 0 Å². The fourth-order valence-corrected chi connectivity index (χ4v) is 4.40. The van der Waals surface area contributed by atoms with Crippen molar-refractivity contribution < 1.29 is 19.4 Å². The molecule has 0 aliphatic carbocycles. The highest BCUT2D eigenvalue weighted by Gasteiger charge is 2.18. The zero-order chi connectivity index (χ0) is 24.3. The molecule has 35 heavy (non-hydrogen) atoms. The van der Waals surface area contributed by atoms with E-state index < -0.39 is 6.10 Å². The van der Waals surface area contributed by atoms with Gasteiger partial charge in [-0.25, -0.2) is 0 Å². The summed E-state index contributed by atoms with van der Waals surface area (Å²) in [6.45, 7) is 3.21. The van der Waals surface area contributed by atoms with E-state index in [0.29, 0.717) is 43.1 Å². The van der Waals surface area contributed by atoms with Crippen LogP contribution in [-0.4, -0.2) is 48.1 Å². The van der Waals surface area contributed by atoms with Gasteiger partial charge in [0.25, 0.3) is 0 Å². The van der Waals surface area contributed by atoms with E-state index in [-0.39, 0.29) is 12.4 Å². The number of nitrogens with zero attached hydrogens (tertiary/aromatic N) is 1. The summed E-state index contributed by atoms with van der Waals surface area (Å²) in [6, 6.07) is 25.3. The molecule has 5 heteroatoms. The number of ether oxygens (including phenoxy) is 2. The average molecular weight is 474 g/mol. The maximum absolute atomic E-state index is 13.2. The topological polar surface area (TPSA) is 59.0 Å². The Kier molecular flexibility index (Phi) is 9.32. The number of hydrogen-bond donors (Lipinski definition) is 1. The van der Waals surface area contributed by atoms with E-state index in [4.69, 9.17) is 9.47 Å². The summed E-state index contributed by atoms with van der Waals surface area (Å²) in [7, 11) is 0. The van der Waals surface area contributed by atoms with Crippen LogP contribution in [0, 0.1) is 0 Å². The first-order chi connectivity index (χ1) is 17.2. The maximum atomic E-state index is 13.2. The number of aryl methyl sites for hydroxylation is 1. The highest BCUT2D eigenvalue weighted by molar-refractivity contribution is 5.99. The first-order valence-electron chi connectivity index (χ1n) is 12.6. The Morgan fingerprint density at radius 2 is 1.54 bits per heavy atom. The number of rotatable bonds is 12. The molecule has 3 aromatic carbocycles. The van der Waals surface area contributed by atoms with Crippen LogP contribution in [0.4, 0.5) is 0 Å². The number of carbonyl (C=O) groups excluding carboxylic acids is 1. The van der Waals surface area contributed by atoms with Crippen LogP contribution >= 0.6 is 0 Å². The van der Waals surface area contributed by atoms with Gasteiger partial charge in [-0.2, -0.15) is 0 Å². The highest BCUT2D eigenvalue weighted by atomic mass is 16.5. The smallest absolute Gasteiger partial charge is 0.167 e. The second-order valence-electron chi connectivity index (χ2n) is 9.17. The summed E-state index contributed by atoms with van der Waals surface area (Å²) in [5.41, 5.74) is 2.68. The van der Waals surface area contributed by atoms with E-state index in [9.17, 15) is 9.90 Å². The summed E-state index contributed by atoms with van der Waals surface area (Å²) >= 11 is 0. The van der Waals surface area contributed by atoms with Gasteiger partial charge in [-0.3, -0.25) is 4.79 Å². The summed E-state index contributed by atoms with van der Waals surface area (Å²) in [6.07, 6.45) is 4.05. The predicted molar refractivity (Wildman–Crippen MR) is 138 cm³/mol. The minimum absolute atomic E-state index is 0.000431. The Morgan fingerprint density at radius 1 is 0.857 bits per heavy atom. The standard InChI is InChI=1S/C30H35NO4/c32-26(21-31-18-8-3-9-19-31)23-35-30-17-15-27(34-22-25-12-6-2-7-13-25)20-28(30)29(33)16-14-24-10-4-1-5-11-24/h1-2,4-7,10-13,15,17,20,26,32H,3,8-9,14,16,18-19,21-23H2/t26-/m1/s1. The van der Waals surface area contributed by atoms with Crippen LogP contribution in [0.1, 0.15) is 47.2 Å². The van der Waals surface area contributed by atoms with Gasteiger partial charge < -0.3 is 19.5 Å². The number of aliphatic hydroxyl groups is 1. The van der Waals surface area contributed by atoms with Crippen LogP contribution in [0.25, 0.3) is 0 Å². The van der Waals surface area contributed by atoms with Crippen molar-refractivity contribution in [1.82, 2.24) is 4.90 Å². The minimum Gasteiger partial charge on any atom is -0.490 e. The predicted octanol–water partition coefficient (Wildman–Crippen LogP) is 5.31. The molecule has 1 N–H and O–H groups in total. The van der Waals surface area contributed by atoms with E-state index in [1.165, 1.54) is 19.3 Å². The zero-order valence-electron chi connectivity index (χ0n) is 20.3. The molecule has 4 rings (SSSR count). The Labute approximate surface area is 208 Å². The lowest BCUT2D eigenvalue weighted by atomic mass is 10.0. The van der Waals surface area contributed by atoms with Crippen molar-refractivity contribution in [2.75, 3.05) is 26.2 Å². The lowest BCUT2D eigenvalue weighted by Crippen LogP contribution is -2.38. The fourth-order valence-electron chi connectivity index (χ4n) is 4.40. The molecule has 1 atom stereocenters. The first-order valence-corrected chi connectivity index (χ1v) is 12.6. The Bertz CT molecular complexity index is 1050. The summed E-state index contributed by atoms with van der Waals surface area (Å²) in [5, 5.41) is 10.5. The van der Waals surface area contributed by atoms with Gasteiger partial charge in [0.2, 0.25) is 0 Å². The molecule has 0 unspecified atom stereocenters. The van der Waals surface area contributed by atoms with Gasteiger partial charge in [-0.15, -0.1) is 0 Å². The minimum atomic E-state index is -0.602. The van der Waals surface area contributed by atoms with Crippen molar-refractivity contribution in [3.05, 3.63) is 95.6 Å². The third kappa shape index (κ3) is 7.94. The second-order valence-corrected chi connectivity index (χ2v) is 9.17. The molecule has 0 radical (unpaired) electrons. The van der Waals surface area contributed by atoms with Gasteiger partial charge in [-0.05, 0) is 61.7 Å². The zero-order valence-corrected chi connectivity index (χ0v) is 20.3. The molecule has 1 saturated heterocycles. The molecule has 3 aromatic rings. The van der Waals surface area contributed by atoms with E-state index in [2.05, 4.69) is 4.90 Å². The quantitative estimate of drug-likeness (QED) is 0.362. The average Bonchev–Trinajstić information content (AvgIpc) is 2.91. The number of ketones is 1. The molecule has 1 aliphatic heterocycles. The number of β-amino-alcohol motifs (C(OH)–C–C–N with tert-alkyl or cyclic N) is 1.